The number of carbonyl (C=O) groups is 2. The molecule has 0 saturated carbocycles. The molecule has 0 bridgehead atoms. The molecule has 114 valence electrons. The van der Waals surface area contributed by atoms with Crippen molar-refractivity contribution in [1.82, 2.24) is 15.5 Å². The maximum atomic E-state index is 11.6. The van der Waals surface area contributed by atoms with Crippen LogP contribution in [0.2, 0.25) is 0 Å². The number of rotatable bonds is 4. The smallest absolute Gasteiger partial charge is 0.309 e. The number of carbonyl (C=O) groups excluding carboxylic acids is 2. The van der Waals surface area contributed by atoms with E-state index >= 15 is 0 Å². The number of nitrogens with one attached hydrogen (secondary N) is 2. The minimum Gasteiger partial charge on any atom is -0.493 e. The molecule has 0 saturated heterocycles. The highest BCUT2D eigenvalue weighted by atomic mass is 16.5. The van der Waals surface area contributed by atoms with Gasteiger partial charge >= 0.3 is 11.8 Å². The van der Waals surface area contributed by atoms with Gasteiger partial charge in [-0.3, -0.25) is 9.59 Å². The van der Waals surface area contributed by atoms with Gasteiger partial charge < -0.3 is 20.3 Å². The molecule has 0 spiro atoms. The fraction of sp³-hybridized carbons (Fsp3) is 0.467. The lowest BCUT2D eigenvalue weighted by atomic mass is 10.0. The van der Waals surface area contributed by atoms with Gasteiger partial charge in [-0.05, 0) is 31.3 Å². The summed E-state index contributed by atoms with van der Waals surface area (Å²) in [6.45, 7) is 1.09. The van der Waals surface area contributed by atoms with Gasteiger partial charge in [-0.25, -0.2) is 0 Å². The Balaban J connectivity index is 2.09. The van der Waals surface area contributed by atoms with Crippen LogP contribution in [-0.4, -0.2) is 51.0 Å². The Kier molecular flexibility index (Phi) is 4.80. The Bertz CT molecular complexity index is 543. The van der Waals surface area contributed by atoms with E-state index < -0.39 is 11.8 Å². The van der Waals surface area contributed by atoms with Crippen LogP contribution in [0.15, 0.2) is 18.2 Å². The van der Waals surface area contributed by atoms with E-state index in [2.05, 4.69) is 16.7 Å². The van der Waals surface area contributed by atoms with Crippen LogP contribution in [-0.2, 0) is 16.0 Å². The van der Waals surface area contributed by atoms with Crippen molar-refractivity contribution in [3.63, 3.8) is 0 Å². The second kappa shape index (κ2) is 6.58. The first-order chi connectivity index (χ1) is 10.0. The highest BCUT2D eigenvalue weighted by Gasteiger charge is 2.20. The Labute approximate surface area is 124 Å². The Hall–Kier alpha value is -2.08. The molecule has 1 aliphatic heterocycles. The van der Waals surface area contributed by atoms with Gasteiger partial charge in [0.15, 0.2) is 0 Å². The first kappa shape index (κ1) is 15.3. The van der Waals surface area contributed by atoms with Gasteiger partial charge in [0.05, 0.1) is 12.6 Å². The summed E-state index contributed by atoms with van der Waals surface area (Å²) < 4.78 is 5.50. The van der Waals surface area contributed by atoms with Crippen molar-refractivity contribution < 1.29 is 14.3 Å². The second-order valence-corrected chi connectivity index (χ2v) is 5.23. The fourth-order valence-electron chi connectivity index (χ4n) is 2.40. The largest absolute Gasteiger partial charge is 0.493 e. The van der Waals surface area contributed by atoms with Crippen LogP contribution in [0.25, 0.3) is 0 Å². The zero-order valence-corrected chi connectivity index (χ0v) is 12.6. The molecule has 6 nitrogen and oxygen atoms in total. The van der Waals surface area contributed by atoms with E-state index in [9.17, 15) is 9.59 Å². The van der Waals surface area contributed by atoms with Crippen molar-refractivity contribution in [2.24, 2.45) is 0 Å². The molecule has 0 fully saturated rings. The molecule has 1 unspecified atom stereocenters. The first-order valence-corrected chi connectivity index (χ1v) is 6.95. The van der Waals surface area contributed by atoms with Gasteiger partial charge in [-0.2, -0.15) is 0 Å². The van der Waals surface area contributed by atoms with E-state index in [4.69, 9.17) is 4.74 Å². The molecule has 6 heteroatoms. The van der Waals surface area contributed by atoms with Crippen LogP contribution < -0.4 is 15.4 Å². The third kappa shape index (κ3) is 3.52. The molecule has 0 radical (unpaired) electrons. The average molecular weight is 291 g/mol. The highest BCUT2D eigenvalue weighted by molar-refractivity contribution is 6.35. The molecular weight excluding hydrogens is 270 g/mol. The number of benzene rings is 1. The van der Waals surface area contributed by atoms with E-state index in [-0.39, 0.29) is 6.04 Å². The summed E-state index contributed by atoms with van der Waals surface area (Å²) in [5, 5.41) is 4.97. The number of amides is 2. The van der Waals surface area contributed by atoms with Crippen LogP contribution in [0.5, 0.6) is 5.75 Å². The van der Waals surface area contributed by atoms with E-state index in [1.165, 1.54) is 12.6 Å². The standard InChI is InChI=1S/C15H21N3O3/c1-16-14(19)15(20)17-9-12(18(2)3)10-4-5-13-11(8-10)6-7-21-13/h4-5,8,12H,6-7,9H2,1-3H3,(H,16,19)(H,17,20). The molecular formula is C15H21N3O3. The molecule has 1 atom stereocenters. The van der Waals surface area contributed by atoms with E-state index in [1.54, 1.807) is 0 Å². The Morgan fingerprint density at radius 3 is 2.76 bits per heavy atom. The summed E-state index contributed by atoms with van der Waals surface area (Å²) >= 11 is 0. The first-order valence-electron chi connectivity index (χ1n) is 6.95. The molecule has 1 aromatic rings. The van der Waals surface area contributed by atoms with Crippen LogP contribution in [0.3, 0.4) is 0 Å². The fourth-order valence-corrected chi connectivity index (χ4v) is 2.40. The third-order valence-corrected chi connectivity index (χ3v) is 3.61. The second-order valence-electron chi connectivity index (χ2n) is 5.23. The molecule has 0 aromatic heterocycles. The highest BCUT2D eigenvalue weighted by Crippen LogP contribution is 2.29. The summed E-state index contributed by atoms with van der Waals surface area (Å²) in [7, 11) is 5.33. The summed E-state index contributed by atoms with van der Waals surface area (Å²) in [5.74, 6) is -0.311. The molecule has 21 heavy (non-hydrogen) atoms. The summed E-state index contributed by atoms with van der Waals surface area (Å²) in [6.07, 6.45) is 0.911. The lowest BCUT2D eigenvalue weighted by Crippen LogP contribution is -2.42. The molecule has 2 amide bonds. The summed E-state index contributed by atoms with van der Waals surface area (Å²) in [4.78, 5) is 24.8. The number of ether oxygens (including phenoxy) is 1. The quantitative estimate of drug-likeness (QED) is 0.771. The van der Waals surface area contributed by atoms with Crippen molar-refractivity contribution in [1.29, 1.82) is 0 Å². The topological polar surface area (TPSA) is 70.7 Å². The number of fused-ring (bicyclic) bond motifs is 1. The molecule has 1 aromatic carbocycles. The SMILES string of the molecule is CNC(=O)C(=O)NCC(c1ccc2c(c1)CCO2)N(C)C. The van der Waals surface area contributed by atoms with Gasteiger partial charge in [0.2, 0.25) is 0 Å². The van der Waals surface area contributed by atoms with Gasteiger partial charge in [-0.1, -0.05) is 12.1 Å². The van der Waals surface area contributed by atoms with E-state index in [1.807, 2.05) is 31.1 Å². The van der Waals surface area contributed by atoms with Crippen LogP contribution in [0.1, 0.15) is 17.2 Å². The van der Waals surface area contributed by atoms with Gasteiger partial charge in [0, 0.05) is 20.0 Å². The third-order valence-electron chi connectivity index (χ3n) is 3.61. The van der Waals surface area contributed by atoms with Crippen LogP contribution in [0.4, 0.5) is 0 Å². The van der Waals surface area contributed by atoms with E-state index in [0.29, 0.717) is 6.54 Å². The molecule has 1 aliphatic rings. The van der Waals surface area contributed by atoms with Gasteiger partial charge in [0.25, 0.3) is 0 Å². The van der Waals surface area contributed by atoms with E-state index in [0.717, 1.165) is 24.3 Å². The minimum atomic E-state index is -0.630. The molecule has 2 N–H and O–H groups in total. The number of nitrogens with zero attached hydrogens (tertiary/aromatic N) is 1. The van der Waals surface area contributed by atoms with Crippen molar-refractivity contribution in [3.05, 3.63) is 29.3 Å². The zero-order valence-electron chi connectivity index (χ0n) is 12.6. The molecule has 2 rings (SSSR count). The summed E-state index contributed by atoms with van der Waals surface area (Å²) in [6, 6.07) is 6.08. The van der Waals surface area contributed by atoms with Crippen LogP contribution in [0, 0.1) is 0 Å². The van der Waals surface area contributed by atoms with Crippen LogP contribution >= 0.6 is 0 Å². The van der Waals surface area contributed by atoms with Gasteiger partial charge in [0.1, 0.15) is 5.75 Å². The lowest BCUT2D eigenvalue weighted by molar-refractivity contribution is -0.139. The predicted molar refractivity (Wildman–Crippen MR) is 79.1 cm³/mol. The molecule has 0 aliphatic carbocycles. The predicted octanol–water partition coefficient (Wildman–Crippen LogP) is 0.0864. The average Bonchev–Trinajstić information content (AvgIpc) is 2.93. The number of hydrogen-bond acceptors (Lipinski definition) is 4. The Morgan fingerprint density at radius 1 is 1.33 bits per heavy atom. The van der Waals surface area contributed by atoms with Crippen molar-refractivity contribution in [2.75, 3.05) is 34.3 Å². The Morgan fingerprint density at radius 2 is 2.10 bits per heavy atom. The number of likely N-dealkylation sites (N-methyl/N-ethyl adjacent to an activating group) is 2. The zero-order chi connectivity index (χ0) is 15.4. The minimum absolute atomic E-state index is 0.00417. The van der Waals surface area contributed by atoms with Crippen molar-refractivity contribution >= 4 is 11.8 Å². The maximum Gasteiger partial charge on any atom is 0.309 e. The monoisotopic (exact) mass is 291 g/mol. The normalized spacial score (nSPS) is 14.3. The van der Waals surface area contributed by atoms with Gasteiger partial charge in [-0.15, -0.1) is 0 Å². The van der Waals surface area contributed by atoms with Crippen molar-refractivity contribution in [2.45, 2.75) is 12.5 Å². The lowest BCUT2D eigenvalue weighted by Gasteiger charge is -2.25. The number of hydrogen-bond donors (Lipinski definition) is 2. The molecule has 1 heterocycles. The van der Waals surface area contributed by atoms with Crippen molar-refractivity contribution in [3.8, 4) is 5.75 Å². The summed E-state index contributed by atoms with van der Waals surface area (Å²) in [5.41, 5.74) is 2.29. The maximum absolute atomic E-state index is 11.6.